The van der Waals surface area contributed by atoms with Crippen LogP contribution in [0.15, 0.2) is 37.5 Å². The van der Waals surface area contributed by atoms with E-state index in [1.807, 2.05) is 0 Å². The number of carboxylic acid groups (broad SMARTS) is 1. The van der Waals surface area contributed by atoms with Gasteiger partial charge < -0.3 is 14.2 Å². The average molecular weight is 463 g/mol. The van der Waals surface area contributed by atoms with Gasteiger partial charge >= 0.3 is 12.1 Å². The zero-order valence-electron chi connectivity index (χ0n) is 14.9. The van der Waals surface area contributed by atoms with Gasteiger partial charge in [-0.05, 0) is 25.5 Å². The molecular formula is C16H12F3N3O6S2. The van der Waals surface area contributed by atoms with Crippen molar-refractivity contribution in [3.63, 3.8) is 0 Å². The molecule has 3 aromatic heterocycles. The number of nitrogens with zero attached hydrogens (tertiary/aromatic N) is 2. The summed E-state index contributed by atoms with van der Waals surface area (Å²) in [5, 5.41) is 16.7. The molecule has 0 unspecified atom stereocenters. The SMILES string of the molecule is Cc1cc([C@H]2C[C@]2(NS(=O)(=O)c2ccc(-c3cc(C(F)(F)F)on3)s2)C(=O)O)no1. The van der Waals surface area contributed by atoms with Gasteiger partial charge in [-0.3, -0.25) is 4.79 Å². The second-order valence-corrected chi connectivity index (χ2v) is 9.69. The van der Waals surface area contributed by atoms with E-state index >= 15 is 0 Å². The number of aliphatic carboxylic acids is 1. The van der Waals surface area contributed by atoms with Gasteiger partial charge in [0.2, 0.25) is 5.76 Å². The summed E-state index contributed by atoms with van der Waals surface area (Å²) in [6, 6.07) is 4.58. The summed E-state index contributed by atoms with van der Waals surface area (Å²) >= 11 is 0.631. The Bertz CT molecular complexity index is 1230. The topological polar surface area (TPSA) is 136 Å². The fourth-order valence-corrected chi connectivity index (χ4v) is 5.64. The first-order valence-electron chi connectivity index (χ1n) is 8.27. The van der Waals surface area contributed by atoms with Crippen LogP contribution in [0.1, 0.15) is 29.6 Å². The number of sulfonamides is 1. The van der Waals surface area contributed by atoms with E-state index in [2.05, 4.69) is 19.6 Å². The molecule has 1 aliphatic carbocycles. The number of rotatable bonds is 6. The molecule has 0 spiro atoms. The molecule has 160 valence electrons. The first kappa shape index (κ1) is 20.6. The number of thiophene rings is 1. The van der Waals surface area contributed by atoms with Gasteiger partial charge in [0.25, 0.3) is 10.0 Å². The Labute approximate surface area is 170 Å². The Morgan fingerprint density at radius 2 is 2.03 bits per heavy atom. The number of carbonyl (C=O) groups is 1. The minimum atomic E-state index is -4.73. The van der Waals surface area contributed by atoms with Crippen LogP contribution >= 0.6 is 11.3 Å². The molecule has 2 atom stereocenters. The zero-order valence-corrected chi connectivity index (χ0v) is 16.6. The van der Waals surface area contributed by atoms with Gasteiger partial charge in [-0.15, -0.1) is 11.3 Å². The molecule has 14 heteroatoms. The average Bonchev–Trinajstić information content (AvgIpc) is 3.12. The molecule has 4 rings (SSSR count). The lowest BCUT2D eigenvalue weighted by atomic mass is 10.2. The third kappa shape index (κ3) is 3.50. The number of nitrogens with one attached hydrogen (secondary N) is 1. The van der Waals surface area contributed by atoms with Crippen LogP contribution < -0.4 is 4.72 Å². The van der Waals surface area contributed by atoms with Crippen LogP contribution in [0.2, 0.25) is 0 Å². The van der Waals surface area contributed by atoms with E-state index in [9.17, 15) is 31.5 Å². The second-order valence-electron chi connectivity index (χ2n) is 6.69. The van der Waals surface area contributed by atoms with Gasteiger partial charge in [-0.2, -0.15) is 17.9 Å². The Morgan fingerprint density at radius 3 is 2.60 bits per heavy atom. The highest BCUT2D eigenvalue weighted by Gasteiger charge is 2.64. The maximum absolute atomic E-state index is 12.8. The third-order valence-electron chi connectivity index (χ3n) is 4.55. The predicted octanol–water partition coefficient (Wildman–Crippen LogP) is 3.01. The van der Waals surface area contributed by atoms with E-state index in [1.165, 1.54) is 12.1 Å². The van der Waals surface area contributed by atoms with Crippen LogP contribution in [-0.4, -0.2) is 35.3 Å². The Hall–Kier alpha value is -2.71. The molecule has 30 heavy (non-hydrogen) atoms. The monoisotopic (exact) mass is 463 g/mol. The van der Waals surface area contributed by atoms with Gasteiger partial charge in [0, 0.05) is 18.1 Å². The largest absolute Gasteiger partial charge is 0.480 e. The maximum Gasteiger partial charge on any atom is 0.452 e. The van der Waals surface area contributed by atoms with Crippen LogP contribution in [0.3, 0.4) is 0 Å². The van der Waals surface area contributed by atoms with Crippen molar-refractivity contribution in [2.45, 2.75) is 35.2 Å². The quantitative estimate of drug-likeness (QED) is 0.570. The Balaban J connectivity index is 1.58. The first-order valence-corrected chi connectivity index (χ1v) is 10.6. The molecule has 1 saturated carbocycles. The fourth-order valence-electron chi connectivity index (χ4n) is 2.98. The van der Waals surface area contributed by atoms with Crippen LogP contribution in [0.25, 0.3) is 10.6 Å². The highest BCUT2D eigenvalue weighted by molar-refractivity contribution is 7.91. The highest BCUT2D eigenvalue weighted by Crippen LogP contribution is 2.52. The summed E-state index contributed by atoms with van der Waals surface area (Å²) < 4.78 is 74.5. The molecule has 2 N–H and O–H groups in total. The normalized spacial score (nSPS) is 21.7. The van der Waals surface area contributed by atoms with Crippen molar-refractivity contribution in [1.82, 2.24) is 15.0 Å². The number of halogens is 3. The number of hydrogen-bond donors (Lipinski definition) is 2. The molecular weight excluding hydrogens is 451 g/mol. The van der Waals surface area contributed by atoms with Crippen molar-refractivity contribution < 1.29 is 40.5 Å². The number of aryl methyl sites for hydroxylation is 1. The number of alkyl halides is 3. The van der Waals surface area contributed by atoms with Gasteiger partial charge in [0.15, 0.2) is 0 Å². The van der Waals surface area contributed by atoms with Gasteiger partial charge in [0.05, 0.1) is 10.6 Å². The standard InChI is InChI=1S/C16H12F3N3O6S2/c1-7-4-9(20-27-7)8-6-15(8,14(23)24)22-30(25,26)13-3-2-11(29-13)10-5-12(28-21-10)16(17,18)19/h2-5,8,22H,6H2,1H3,(H,23,24)/t8-,15-/m1/s1. The number of aromatic nitrogens is 2. The molecule has 3 heterocycles. The first-order chi connectivity index (χ1) is 13.9. The van der Waals surface area contributed by atoms with E-state index in [-0.39, 0.29) is 21.2 Å². The van der Waals surface area contributed by atoms with E-state index in [1.54, 1.807) is 6.92 Å². The summed E-state index contributed by atoms with van der Waals surface area (Å²) in [5.41, 5.74) is -1.67. The van der Waals surface area contributed by atoms with Crippen LogP contribution in [-0.2, 0) is 21.0 Å². The summed E-state index contributed by atoms with van der Waals surface area (Å²) in [5.74, 6) is -2.96. The van der Waals surface area contributed by atoms with Crippen molar-refractivity contribution in [3.8, 4) is 10.6 Å². The molecule has 9 nitrogen and oxygen atoms in total. The highest BCUT2D eigenvalue weighted by atomic mass is 32.2. The lowest BCUT2D eigenvalue weighted by molar-refractivity contribution is -0.155. The minimum Gasteiger partial charge on any atom is -0.480 e. The fraction of sp³-hybridized carbons (Fsp3) is 0.312. The van der Waals surface area contributed by atoms with E-state index in [4.69, 9.17) is 4.52 Å². The van der Waals surface area contributed by atoms with E-state index in [0.29, 0.717) is 28.9 Å². The molecule has 0 aliphatic heterocycles. The van der Waals surface area contributed by atoms with Crippen molar-refractivity contribution in [1.29, 1.82) is 0 Å². The van der Waals surface area contributed by atoms with Gasteiger partial charge in [0.1, 0.15) is 21.2 Å². The number of hydrogen-bond acceptors (Lipinski definition) is 8. The predicted molar refractivity (Wildman–Crippen MR) is 94.1 cm³/mol. The summed E-state index contributed by atoms with van der Waals surface area (Å²) in [6.45, 7) is 1.62. The maximum atomic E-state index is 12.8. The van der Waals surface area contributed by atoms with Crippen molar-refractivity contribution in [2.75, 3.05) is 0 Å². The summed E-state index contributed by atoms with van der Waals surface area (Å²) in [7, 11) is -4.29. The molecule has 0 saturated heterocycles. The zero-order chi connectivity index (χ0) is 21.9. The van der Waals surface area contributed by atoms with Crippen LogP contribution in [0, 0.1) is 6.92 Å². The molecule has 0 aromatic carbocycles. The third-order valence-corrected chi connectivity index (χ3v) is 7.66. The second kappa shape index (κ2) is 6.65. The molecule has 3 aromatic rings. The molecule has 1 aliphatic rings. The molecule has 0 radical (unpaired) electrons. The molecule has 1 fully saturated rings. The van der Waals surface area contributed by atoms with Crippen molar-refractivity contribution in [2.24, 2.45) is 0 Å². The molecule has 0 amide bonds. The van der Waals surface area contributed by atoms with E-state index < -0.39 is 39.4 Å². The Kier molecular flexibility index (Phi) is 4.56. The molecule has 0 bridgehead atoms. The number of carboxylic acids is 1. The Morgan fingerprint density at radius 1 is 1.30 bits per heavy atom. The van der Waals surface area contributed by atoms with Crippen LogP contribution in [0.4, 0.5) is 13.2 Å². The minimum absolute atomic E-state index is 0.0238. The lowest BCUT2D eigenvalue weighted by Crippen LogP contribution is -2.44. The lowest BCUT2D eigenvalue weighted by Gasteiger charge is -2.13. The van der Waals surface area contributed by atoms with Gasteiger partial charge in [-0.1, -0.05) is 10.3 Å². The van der Waals surface area contributed by atoms with E-state index in [0.717, 1.165) is 6.07 Å². The summed E-state index contributed by atoms with van der Waals surface area (Å²) in [4.78, 5) is 11.9. The van der Waals surface area contributed by atoms with Crippen LogP contribution in [0.5, 0.6) is 0 Å². The van der Waals surface area contributed by atoms with Crippen molar-refractivity contribution in [3.05, 3.63) is 41.5 Å². The summed E-state index contributed by atoms with van der Waals surface area (Å²) in [6.07, 6.45) is -4.75. The van der Waals surface area contributed by atoms with Gasteiger partial charge in [-0.25, -0.2) is 8.42 Å². The van der Waals surface area contributed by atoms with Crippen molar-refractivity contribution >= 4 is 27.3 Å². The smallest absolute Gasteiger partial charge is 0.452 e.